The van der Waals surface area contributed by atoms with Crippen LogP contribution in [-0.4, -0.2) is 10.9 Å². The van der Waals surface area contributed by atoms with Crippen LogP contribution in [0.2, 0.25) is 0 Å². The summed E-state index contributed by atoms with van der Waals surface area (Å²) in [5, 5.41) is 2.43. The number of rotatable bonds is 3. The molecule has 4 nitrogen and oxygen atoms in total. The number of halogens is 1. The molecule has 0 fully saturated rings. The summed E-state index contributed by atoms with van der Waals surface area (Å²) in [4.78, 5) is 16.0. The molecule has 1 atom stereocenters. The lowest BCUT2D eigenvalue weighted by atomic mass is 10.3. The predicted octanol–water partition coefficient (Wildman–Crippen LogP) is 3.54. The van der Waals surface area contributed by atoms with Crippen LogP contribution in [-0.2, 0) is 0 Å². The summed E-state index contributed by atoms with van der Waals surface area (Å²) in [5.41, 5.74) is 0.892. The maximum Gasteiger partial charge on any atom is 0.292 e. The quantitative estimate of drug-likeness (QED) is 0.863. The van der Waals surface area contributed by atoms with Crippen molar-refractivity contribution in [2.24, 2.45) is 0 Å². The minimum Gasteiger partial charge on any atom is -0.454 e. The molecule has 0 aliphatic heterocycles. The summed E-state index contributed by atoms with van der Waals surface area (Å²) < 4.78 is 5.35. The maximum atomic E-state index is 11.9. The van der Waals surface area contributed by atoms with E-state index in [-0.39, 0.29) is 17.0 Å². The molecule has 0 spiro atoms. The van der Waals surface area contributed by atoms with Gasteiger partial charge in [0.25, 0.3) is 5.91 Å². The van der Waals surface area contributed by atoms with Crippen LogP contribution < -0.4 is 5.32 Å². The third kappa shape index (κ3) is 2.71. The second kappa shape index (κ2) is 5.23. The van der Waals surface area contributed by atoms with Crippen molar-refractivity contribution in [2.45, 2.75) is 19.2 Å². The van der Waals surface area contributed by atoms with Crippen molar-refractivity contribution in [1.82, 2.24) is 4.98 Å². The third-order valence-electron chi connectivity index (χ3n) is 2.48. The summed E-state index contributed by atoms with van der Waals surface area (Å²) in [7, 11) is 0. The molecule has 2 heterocycles. The van der Waals surface area contributed by atoms with E-state index >= 15 is 0 Å². The molecule has 1 unspecified atom stereocenters. The normalized spacial score (nSPS) is 12.2. The molecule has 0 aromatic carbocycles. The van der Waals surface area contributed by atoms with Gasteiger partial charge in [-0.15, -0.1) is 11.6 Å². The molecule has 2 rings (SSSR count). The van der Waals surface area contributed by atoms with E-state index in [1.165, 1.54) is 0 Å². The molecule has 5 heteroatoms. The first-order valence-electron chi connectivity index (χ1n) is 5.54. The van der Waals surface area contributed by atoms with E-state index in [1.54, 1.807) is 25.3 Å². The van der Waals surface area contributed by atoms with Gasteiger partial charge in [-0.1, -0.05) is 6.07 Å². The highest BCUT2D eigenvalue weighted by molar-refractivity contribution is 6.20. The first-order valence-corrected chi connectivity index (χ1v) is 5.98. The number of alkyl halides is 1. The Hall–Kier alpha value is -1.81. The molecule has 94 valence electrons. The molecule has 1 N–H and O–H groups in total. The van der Waals surface area contributed by atoms with Crippen LogP contribution >= 0.6 is 11.6 Å². The Morgan fingerprint density at radius 2 is 2.22 bits per heavy atom. The molecular weight excluding hydrogens is 252 g/mol. The zero-order valence-electron chi connectivity index (χ0n) is 10.1. The molecule has 2 aromatic heterocycles. The molecule has 18 heavy (non-hydrogen) atoms. The van der Waals surface area contributed by atoms with Gasteiger partial charge in [-0.25, -0.2) is 4.98 Å². The van der Waals surface area contributed by atoms with E-state index in [9.17, 15) is 4.79 Å². The lowest BCUT2D eigenvalue weighted by Crippen LogP contribution is -2.12. The van der Waals surface area contributed by atoms with E-state index in [0.29, 0.717) is 11.6 Å². The molecule has 0 bridgehead atoms. The Morgan fingerprint density at radius 1 is 1.44 bits per heavy atom. The van der Waals surface area contributed by atoms with Gasteiger partial charge in [-0.2, -0.15) is 0 Å². The van der Waals surface area contributed by atoms with Crippen molar-refractivity contribution in [2.75, 3.05) is 5.32 Å². The highest BCUT2D eigenvalue weighted by Crippen LogP contribution is 2.22. The smallest absolute Gasteiger partial charge is 0.292 e. The van der Waals surface area contributed by atoms with Crippen molar-refractivity contribution in [3.8, 4) is 0 Å². The van der Waals surface area contributed by atoms with Crippen LogP contribution in [0.15, 0.2) is 34.9 Å². The Kier molecular flexibility index (Phi) is 3.67. The molecular formula is C13H13ClN2O2. The number of carbonyl (C=O) groups is 1. The van der Waals surface area contributed by atoms with Gasteiger partial charge in [0, 0.05) is 6.20 Å². The molecule has 0 saturated carbocycles. The molecule has 0 aliphatic rings. The fourth-order valence-corrected chi connectivity index (χ4v) is 1.59. The highest BCUT2D eigenvalue weighted by Gasteiger charge is 2.14. The Bertz CT molecular complexity index is 564. The minimum atomic E-state index is -0.333. The van der Waals surface area contributed by atoms with Gasteiger partial charge in [0.1, 0.15) is 11.6 Å². The van der Waals surface area contributed by atoms with E-state index in [4.69, 9.17) is 16.0 Å². The monoisotopic (exact) mass is 264 g/mol. The van der Waals surface area contributed by atoms with E-state index in [0.717, 1.165) is 5.56 Å². The Balaban J connectivity index is 2.15. The van der Waals surface area contributed by atoms with Crippen LogP contribution in [0, 0.1) is 6.92 Å². The van der Waals surface area contributed by atoms with Crippen LogP contribution in [0.1, 0.15) is 34.2 Å². The van der Waals surface area contributed by atoms with Crippen molar-refractivity contribution in [3.05, 3.63) is 47.5 Å². The van der Waals surface area contributed by atoms with Crippen LogP contribution in [0.3, 0.4) is 0 Å². The van der Waals surface area contributed by atoms with Crippen LogP contribution in [0.25, 0.3) is 0 Å². The largest absolute Gasteiger partial charge is 0.454 e. The molecule has 0 aliphatic carbocycles. The van der Waals surface area contributed by atoms with Crippen molar-refractivity contribution >= 4 is 23.3 Å². The van der Waals surface area contributed by atoms with Gasteiger partial charge in [-0.3, -0.25) is 4.79 Å². The topological polar surface area (TPSA) is 55.1 Å². The standard InChI is InChI=1S/C13H13ClN2O2/c1-8-4-3-7-15-12(8)16-13(17)11-6-5-10(18-11)9(2)14/h3-7,9H,1-2H3,(H,15,16,17). The first kappa shape index (κ1) is 12.6. The van der Waals surface area contributed by atoms with Crippen molar-refractivity contribution in [3.63, 3.8) is 0 Å². The second-order valence-electron chi connectivity index (χ2n) is 3.94. The minimum absolute atomic E-state index is 0.225. The highest BCUT2D eigenvalue weighted by atomic mass is 35.5. The average Bonchev–Trinajstić information content (AvgIpc) is 2.81. The van der Waals surface area contributed by atoms with Gasteiger partial charge < -0.3 is 9.73 Å². The zero-order chi connectivity index (χ0) is 13.1. The summed E-state index contributed by atoms with van der Waals surface area (Å²) in [5.74, 6) is 0.988. The number of aryl methyl sites for hydroxylation is 1. The van der Waals surface area contributed by atoms with Crippen molar-refractivity contribution < 1.29 is 9.21 Å². The number of nitrogens with one attached hydrogen (secondary N) is 1. The Morgan fingerprint density at radius 3 is 2.83 bits per heavy atom. The molecule has 0 radical (unpaired) electrons. The lowest BCUT2D eigenvalue weighted by molar-refractivity contribution is 0.0994. The summed E-state index contributed by atoms with van der Waals surface area (Å²) >= 11 is 5.87. The van der Waals surface area contributed by atoms with Gasteiger partial charge >= 0.3 is 0 Å². The zero-order valence-corrected chi connectivity index (χ0v) is 10.9. The number of furan rings is 1. The molecule has 0 saturated heterocycles. The van der Waals surface area contributed by atoms with E-state index in [2.05, 4.69) is 10.3 Å². The summed E-state index contributed by atoms with van der Waals surface area (Å²) in [6.07, 6.45) is 1.62. The summed E-state index contributed by atoms with van der Waals surface area (Å²) in [6, 6.07) is 6.97. The molecule has 2 aromatic rings. The van der Waals surface area contributed by atoms with Gasteiger partial charge in [0.15, 0.2) is 5.76 Å². The number of carbonyl (C=O) groups excluding carboxylic acids is 1. The van der Waals surface area contributed by atoms with Crippen LogP contribution in [0.5, 0.6) is 0 Å². The van der Waals surface area contributed by atoms with E-state index in [1.807, 2.05) is 19.1 Å². The summed E-state index contributed by atoms with van der Waals surface area (Å²) in [6.45, 7) is 3.65. The number of anilines is 1. The third-order valence-corrected chi connectivity index (χ3v) is 2.70. The number of amides is 1. The van der Waals surface area contributed by atoms with E-state index < -0.39 is 0 Å². The number of aromatic nitrogens is 1. The first-order chi connectivity index (χ1) is 8.58. The number of nitrogens with zero attached hydrogens (tertiary/aromatic N) is 1. The van der Waals surface area contributed by atoms with Crippen molar-refractivity contribution in [1.29, 1.82) is 0 Å². The fourth-order valence-electron chi connectivity index (χ4n) is 1.47. The molecule has 1 amide bonds. The number of hydrogen-bond donors (Lipinski definition) is 1. The van der Waals surface area contributed by atoms with Gasteiger partial charge in [0.2, 0.25) is 0 Å². The second-order valence-corrected chi connectivity index (χ2v) is 4.60. The van der Waals surface area contributed by atoms with Crippen LogP contribution in [0.4, 0.5) is 5.82 Å². The number of hydrogen-bond acceptors (Lipinski definition) is 3. The number of pyridine rings is 1. The average molecular weight is 265 g/mol. The fraction of sp³-hybridized carbons (Fsp3) is 0.231. The predicted molar refractivity (Wildman–Crippen MR) is 69.9 cm³/mol. The van der Waals surface area contributed by atoms with Gasteiger partial charge in [-0.05, 0) is 37.6 Å². The lowest BCUT2D eigenvalue weighted by Gasteiger charge is -2.04. The SMILES string of the molecule is Cc1cccnc1NC(=O)c1ccc(C(C)Cl)o1. The Labute approximate surface area is 110 Å². The van der Waals surface area contributed by atoms with Gasteiger partial charge in [0.05, 0.1) is 5.38 Å². The maximum absolute atomic E-state index is 11.9.